The van der Waals surface area contributed by atoms with E-state index in [0.717, 1.165) is 23.8 Å². The smallest absolute Gasteiger partial charge is 0.145 e. The van der Waals surface area contributed by atoms with Crippen molar-refractivity contribution in [3.63, 3.8) is 0 Å². The summed E-state index contributed by atoms with van der Waals surface area (Å²) < 4.78 is 0. The minimum atomic E-state index is 0.754. The van der Waals surface area contributed by atoms with Crippen LogP contribution in [0.2, 0.25) is 0 Å². The van der Waals surface area contributed by atoms with Crippen LogP contribution in [0.15, 0.2) is 29.8 Å². The zero-order chi connectivity index (χ0) is 9.68. The molecule has 0 heterocycles. The SMILES string of the molecule is CCc1ccc(C=C(C)C=O)cc1. The Morgan fingerprint density at radius 1 is 1.31 bits per heavy atom. The van der Waals surface area contributed by atoms with Crippen LogP contribution in [0.3, 0.4) is 0 Å². The summed E-state index contributed by atoms with van der Waals surface area (Å²) in [5, 5.41) is 0. The molecule has 0 fully saturated rings. The highest BCUT2D eigenvalue weighted by atomic mass is 16.1. The number of aryl methyl sites for hydroxylation is 1. The second kappa shape index (κ2) is 4.61. The van der Waals surface area contributed by atoms with Gasteiger partial charge in [0.25, 0.3) is 0 Å². The Morgan fingerprint density at radius 2 is 1.92 bits per heavy atom. The molecule has 1 aromatic rings. The first-order valence-electron chi connectivity index (χ1n) is 4.48. The van der Waals surface area contributed by atoms with Crippen LogP contribution in [-0.4, -0.2) is 6.29 Å². The van der Waals surface area contributed by atoms with E-state index in [0.29, 0.717) is 0 Å². The van der Waals surface area contributed by atoms with Crippen molar-refractivity contribution < 1.29 is 4.79 Å². The molecular formula is C12H14O. The average molecular weight is 174 g/mol. The molecule has 0 aliphatic heterocycles. The quantitative estimate of drug-likeness (QED) is 0.508. The average Bonchev–Trinajstić information content (AvgIpc) is 2.19. The molecule has 0 saturated heterocycles. The van der Waals surface area contributed by atoms with Gasteiger partial charge in [-0.2, -0.15) is 0 Å². The Hall–Kier alpha value is -1.37. The summed E-state index contributed by atoms with van der Waals surface area (Å²) in [6.45, 7) is 3.93. The maximum atomic E-state index is 10.4. The van der Waals surface area contributed by atoms with Crippen molar-refractivity contribution in [2.45, 2.75) is 20.3 Å². The molecule has 1 nitrogen and oxygen atoms in total. The lowest BCUT2D eigenvalue weighted by molar-refractivity contribution is -0.104. The number of rotatable bonds is 3. The Morgan fingerprint density at radius 3 is 2.38 bits per heavy atom. The van der Waals surface area contributed by atoms with E-state index in [4.69, 9.17) is 0 Å². The number of carbonyl (C=O) groups is 1. The van der Waals surface area contributed by atoms with Gasteiger partial charge in [0.05, 0.1) is 0 Å². The summed E-state index contributed by atoms with van der Waals surface area (Å²) in [4.78, 5) is 10.4. The van der Waals surface area contributed by atoms with E-state index in [1.165, 1.54) is 5.56 Å². The summed E-state index contributed by atoms with van der Waals surface area (Å²) in [6, 6.07) is 8.24. The zero-order valence-corrected chi connectivity index (χ0v) is 8.08. The van der Waals surface area contributed by atoms with Gasteiger partial charge in [-0.25, -0.2) is 0 Å². The van der Waals surface area contributed by atoms with Crippen molar-refractivity contribution in [3.8, 4) is 0 Å². The fourth-order valence-electron chi connectivity index (χ4n) is 1.15. The predicted octanol–water partition coefficient (Wildman–Crippen LogP) is 2.85. The van der Waals surface area contributed by atoms with E-state index in [2.05, 4.69) is 19.1 Å². The first-order valence-corrected chi connectivity index (χ1v) is 4.48. The molecule has 1 rings (SSSR count). The first-order chi connectivity index (χ1) is 6.26. The number of aldehydes is 1. The monoisotopic (exact) mass is 174 g/mol. The van der Waals surface area contributed by atoms with Crippen molar-refractivity contribution >= 4 is 12.4 Å². The number of carbonyl (C=O) groups excluding carboxylic acids is 1. The summed E-state index contributed by atoms with van der Waals surface area (Å²) in [7, 11) is 0. The molecule has 0 saturated carbocycles. The molecule has 0 aliphatic rings. The van der Waals surface area contributed by atoms with Gasteiger partial charge in [-0.3, -0.25) is 4.79 Å². The maximum Gasteiger partial charge on any atom is 0.145 e. The minimum Gasteiger partial charge on any atom is -0.298 e. The molecule has 0 aliphatic carbocycles. The van der Waals surface area contributed by atoms with Crippen molar-refractivity contribution in [1.82, 2.24) is 0 Å². The molecule has 1 heteroatoms. The van der Waals surface area contributed by atoms with Crippen molar-refractivity contribution in [2.24, 2.45) is 0 Å². The third kappa shape index (κ3) is 2.86. The van der Waals surface area contributed by atoms with Crippen molar-refractivity contribution in [3.05, 3.63) is 41.0 Å². The highest BCUT2D eigenvalue weighted by Gasteiger charge is 1.90. The molecule has 1 aromatic carbocycles. The van der Waals surface area contributed by atoms with E-state index < -0.39 is 0 Å². The Balaban J connectivity index is 2.86. The third-order valence-electron chi connectivity index (χ3n) is 1.97. The fraction of sp³-hybridized carbons (Fsp3) is 0.250. The molecule has 0 spiro atoms. The molecule has 0 aromatic heterocycles. The lowest BCUT2D eigenvalue weighted by atomic mass is 10.1. The van der Waals surface area contributed by atoms with Crippen molar-refractivity contribution in [1.29, 1.82) is 0 Å². The largest absolute Gasteiger partial charge is 0.298 e. The second-order valence-electron chi connectivity index (χ2n) is 3.10. The van der Waals surface area contributed by atoms with Crippen LogP contribution >= 0.6 is 0 Å². The van der Waals surface area contributed by atoms with Crippen LogP contribution < -0.4 is 0 Å². The van der Waals surface area contributed by atoms with Crippen LogP contribution in [-0.2, 0) is 11.2 Å². The van der Waals surface area contributed by atoms with Gasteiger partial charge in [0.15, 0.2) is 0 Å². The van der Waals surface area contributed by atoms with Gasteiger partial charge in [0, 0.05) is 0 Å². The molecule has 0 N–H and O–H groups in total. The van der Waals surface area contributed by atoms with Crippen LogP contribution in [0.1, 0.15) is 25.0 Å². The Labute approximate surface area is 79.1 Å². The fourth-order valence-corrected chi connectivity index (χ4v) is 1.15. The Kier molecular flexibility index (Phi) is 3.44. The number of benzene rings is 1. The predicted molar refractivity (Wildman–Crippen MR) is 55.5 cm³/mol. The first kappa shape index (κ1) is 9.72. The lowest BCUT2D eigenvalue weighted by Gasteiger charge is -1.97. The molecule has 0 unspecified atom stereocenters. The van der Waals surface area contributed by atoms with Crippen LogP contribution in [0, 0.1) is 0 Å². The van der Waals surface area contributed by atoms with Crippen LogP contribution in [0.4, 0.5) is 0 Å². The second-order valence-corrected chi connectivity index (χ2v) is 3.10. The highest BCUT2D eigenvalue weighted by Crippen LogP contribution is 2.08. The molecular weight excluding hydrogens is 160 g/mol. The van der Waals surface area contributed by atoms with Gasteiger partial charge >= 0.3 is 0 Å². The number of allylic oxidation sites excluding steroid dienone is 1. The molecule has 0 radical (unpaired) electrons. The van der Waals surface area contributed by atoms with Gasteiger partial charge in [-0.1, -0.05) is 31.2 Å². The van der Waals surface area contributed by atoms with E-state index in [1.807, 2.05) is 18.2 Å². The lowest BCUT2D eigenvalue weighted by Crippen LogP contribution is -1.81. The third-order valence-corrected chi connectivity index (χ3v) is 1.97. The van der Waals surface area contributed by atoms with E-state index in [-0.39, 0.29) is 0 Å². The highest BCUT2D eigenvalue weighted by molar-refractivity contribution is 5.80. The van der Waals surface area contributed by atoms with Gasteiger partial charge in [-0.15, -0.1) is 0 Å². The van der Waals surface area contributed by atoms with Gasteiger partial charge in [0.2, 0.25) is 0 Å². The molecule has 68 valence electrons. The summed E-state index contributed by atoms with van der Waals surface area (Å²) >= 11 is 0. The van der Waals surface area contributed by atoms with Gasteiger partial charge in [-0.05, 0) is 36.1 Å². The summed E-state index contributed by atoms with van der Waals surface area (Å²) in [6.07, 6.45) is 3.80. The minimum absolute atomic E-state index is 0.754. The van der Waals surface area contributed by atoms with Gasteiger partial charge in [0.1, 0.15) is 6.29 Å². The van der Waals surface area contributed by atoms with Crippen LogP contribution in [0.25, 0.3) is 6.08 Å². The number of hydrogen-bond acceptors (Lipinski definition) is 1. The van der Waals surface area contributed by atoms with E-state index >= 15 is 0 Å². The Bertz CT molecular complexity index is 306. The van der Waals surface area contributed by atoms with Crippen molar-refractivity contribution in [2.75, 3.05) is 0 Å². The summed E-state index contributed by atoms with van der Waals surface area (Å²) in [5.41, 5.74) is 3.16. The topological polar surface area (TPSA) is 17.1 Å². The maximum absolute atomic E-state index is 10.4. The van der Waals surface area contributed by atoms with Crippen LogP contribution in [0.5, 0.6) is 0 Å². The zero-order valence-electron chi connectivity index (χ0n) is 8.08. The number of hydrogen-bond donors (Lipinski definition) is 0. The van der Waals surface area contributed by atoms with E-state index in [1.54, 1.807) is 6.92 Å². The normalized spacial score (nSPS) is 11.4. The molecule has 0 atom stereocenters. The van der Waals surface area contributed by atoms with Gasteiger partial charge < -0.3 is 0 Å². The van der Waals surface area contributed by atoms with E-state index in [9.17, 15) is 4.79 Å². The molecule has 13 heavy (non-hydrogen) atoms. The standard InChI is InChI=1S/C12H14O/c1-3-11-4-6-12(7-5-11)8-10(2)9-13/h4-9H,3H2,1-2H3. The molecule has 0 amide bonds. The summed E-state index contributed by atoms with van der Waals surface area (Å²) in [5.74, 6) is 0. The molecule has 0 bridgehead atoms.